The van der Waals surface area contributed by atoms with Gasteiger partial charge in [0, 0.05) is 30.7 Å². The van der Waals surface area contributed by atoms with Crippen LogP contribution < -0.4 is 15.2 Å². The minimum absolute atomic E-state index is 0.129. The van der Waals surface area contributed by atoms with E-state index in [0.717, 1.165) is 0 Å². The van der Waals surface area contributed by atoms with Crippen LogP contribution in [-0.4, -0.2) is 26.6 Å². The number of hydrogen-bond acceptors (Lipinski definition) is 5. The van der Waals surface area contributed by atoms with Gasteiger partial charge in [0.05, 0.1) is 0 Å². The van der Waals surface area contributed by atoms with Crippen molar-refractivity contribution in [2.45, 2.75) is 4.90 Å². The Morgan fingerprint density at radius 3 is 2.80 bits per heavy atom. The van der Waals surface area contributed by atoms with Gasteiger partial charge < -0.3 is 10.5 Å². The molecule has 1 aromatic carbocycles. The van der Waals surface area contributed by atoms with Crippen LogP contribution in [0.4, 0.5) is 5.69 Å². The van der Waals surface area contributed by atoms with Crippen molar-refractivity contribution in [1.29, 1.82) is 0 Å². The first kappa shape index (κ1) is 14.3. The molecule has 7 heteroatoms. The highest BCUT2D eigenvalue weighted by Crippen LogP contribution is 2.14. The van der Waals surface area contributed by atoms with E-state index in [0.29, 0.717) is 11.4 Å². The largest absolute Gasteiger partial charge is 0.492 e. The zero-order chi connectivity index (χ0) is 14.4. The molecule has 0 aliphatic heterocycles. The van der Waals surface area contributed by atoms with Gasteiger partial charge in [-0.3, -0.25) is 4.98 Å². The van der Waals surface area contributed by atoms with Gasteiger partial charge in [-0.1, -0.05) is 6.07 Å². The molecule has 0 saturated heterocycles. The maximum Gasteiger partial charge on any atom is 0.242 e. The Hall–Kier alpha value is -2.12. The Morgan fingerprint density at radius 1 is 1.25 bits per heavy atom. The smallest absolute Gasteiger partial charge is 0.242 e. The number of rotatable bonds is 6. The summed E-state index contributed by atoms with van der Waals surface area (Å²) in [5.41, 5.74) is 6.21. The molecule has 0 fully saturated rings. The molecule has 6 nitrogen and oxygen atoms in total. The summed E-state index contributed by atoms with van der Waals surface area (Å²) in [5.74, 6) is 0.602. The van der Waals surface area contributed by atoms with Crippen LogP contribution in [-0.2, 0) is 10.0 Å². The van der Waals surface area contributed by atoms with Crippen LogP contribution in [0.15, 0.2) is 53.7 Å². The first-order valence-corrected chi connectivity index (χ1v) is 7.44. The number of nitrogens with zero attached hydrogens (tertiary/aromatic N) is 1. The lowest BCUT2D eigenvalue weighted by molar-refractivity contribution is 0.323. The maximum absolute atomic E-state index is 11.9. The molecule has 0 radical (unpaired) electrons. The minimum Gasteiger partial charge on any atom is -0.492 e. The molecule has 2 aromatic rings. The fourth-order valence-corrected chi connectivity index (χ4v) is 2.51. The highest BCUT2D eigenvalue weighted by atomic mass is 32.2. The number of nitrogens with one attached hydrogen (secondary N) is 1. The zero-order valence-corrected chi connectivity index (χ0v) is 11.5. The molecule has 0 atom stereocenters. The summed E-state index contributed by atoms with van der Waals surface area (Å²) >= 11 is 0. The fraction of sp³-hybridized carbons (Fsp3) is 0.154. The molecule has 2 rings (SSSR count). The monoisotopic (exact) mass is 293 g/mol. The number of nitrogen functional groups attached to an aromatic ring is 1. The summed E-state index contributed by atoms with van der Waals surface area (Å²) in [5, 5.41) is 0. The van der Waals surface area contributed by atoms with E-state index < -0.39 is 10.0 Å². The summed E-state index contributed by atoms with van der Waals surface area (Å²) in [4.78, 5) is 3.90. The van der Waals surface area contributed by atoms with Crippen LogP contribution in [0.5, 0.6) is 5.75 Å². The SMILES string of the molecule is Nc1cccc(OCCNS(=O)(=O)c2cccnc2)c1. The molecule has 1 aromatic heterocycles. The lowest BCUT2D eigenvalue weighted by Gasteiger charge is -2.08. The molecule has 0 aliphatic rings. The molecule has 0 unspecified atom stereocenters. The molecule has 0 saturated carbocycles. The van der Waals surface area contributed by atoms with E-state index in [1.54, 1.807) is 30.3 Å². The molecule has 0 aliphatic carbocycles. The van der Waals surface area contributed by atoms with Crippen LogP contribution in [0.1, 0.15) is 0 Å². The normalized spacial score (nSPS) is 11.2. The second-order valence-electron chi connectivity index (χ2n) is 4.01. The van der Waals surface area contributed by atoms with Crippen LogP contribution >= 0.6 is 0 Å². The van der Waals surface area contributed by atoms with Gasteiger partial charge in [0.25, 0.3) is 0 Å². The van der Waals surface area contributed by atoms with Crippen molar-refractivity contribution in [3.8, 4) is 5.75 Å². The lowest BCUT2D eigenvalue weighted by Crippen LogP contribution is -2.28. The molecule has 1 heterocycles. The molecule has 0 bridgehead atoms. The third-order valence-corrected chi connectivity index (χ3v) is 3.91. The van der Waals surface area contributed by atoms with Gasteiger partial charge in [0.15, 0.2) is 0 Å². The number of ether oxygens (including phenoxy) is 1. The van der Waals surface area contributed by atoms with E-state index >= 15 is 0 Å². The van der Waals surface area contributed by atoms with Crippen LogP contribution in [0.3, 0.4) is 0 Å². The van der Waals surface area contributed by atoms with E-state index in [1.165, 1.54) is 18.5 Å². The third-order valence-electron chi connectivity index (χ3n) is 2.47. The molecule has 20 heavy (non-hydrogen) atoms. The van der Waals surface area contributed by atoms with Gasteiger partial charge in [-0.15, -0.1) is 0 Å². The van der Waals surface area contributed by atoms with Gasteiger partial charge >= 0.3 is 0 Å². The summed E-state index contributed by atoms with van der Waals surface area (Å²) in [6.07, 6.45) is 2.81. The molecule has 106 valence electrons. The van der Waals surface area contributed by atoms with Gasteiger partial charge in [0.2, 0.25) is 10.0 Å². The van der Waals surface area contributed by atoms with Crippen LogP contribution in [0.25, 0.3) is 0 Å². The zero-order valence-electron chi connectivity index (χ0n) is 10.7. The van der Waals surface area contributed by atoms with Crippen molar-refractivity contribution >= 4 is 15.7 Å². The van der Waals surface area contributed by atoms with Crippen molar-refractivity contribution in [3.63, 3.8) is 0 Å². The van der Waals surface area contributed by atoms with E-state index in [-0.39, 0.29) is 18.0 Å². The Morgan fingerprint density at radius 2 is 2.10 bits per heavy atom. The summed E-state index contributed by atoms with van der Waals surface area (Å²) < 4.78 is 31.6. The quantitative estimate of drug-likeness (QED) is 0.612. The highest BCUT2D eigenvalue weighted by Gasteiger charge is 2.12. The minimum atomic E-state index is -3.54. The van der Waals surface area contributed by atoms with Crippen LogP contribution in [0, 0.1) is 0 Å². The number of benzene rings is 1. The molecular weight excluding hydrogens is 278 g/mol. The molecular formula is C13H15N3O3S. The van der Waals surface area contributed by atoms with Crippen LogP contribution in [0.2, 0.25) is 0 Å². The maximum atomic E-state index is 11.9. The Balaban J connectivity index is 1.84. The third kappa shape index (κ3) is 3.94. The molecule has 0 amide bonds. The van der Waals surface area contributed by atoms with E-state index in [1.807, 2.05) is 0 Å². The van der Waals surface area contributed by atoms with Gasteiger partial charge in [-0.2, -0.15) is 0 Å². The number of aromatic nitrogens is 1. The van der Waals surface area contributed by atoms with Crippen molar-refractivity contribution in [2.75, 3.05) is 18.9 Å². The second kappa shape index (κ2) is 6.36. The lowest BCUT2D eigenvalue weighted by atomic mass is 10.3. The van der Waals surface area contributed by atoms with E-state index in [2.05, 4.69) is 9.71 Å². The Bertz CT molecular complexity index is 660. The van der Waals surface area contributed by atoms with Crippen molar-refractivity contribution < 1.29 is 13.2 Å². The Kier molecular flexibility index (Phi) is 4.54. The average Bonchev–Trinajstić information content (AvgIpc) is 2.45. The fourth-order valence-electron chi connectivity index (χ4n) is 1.54. The summed E-state index contributed by atoms with van der Waals surface area (Å²) in [7, 11) is -3.54. The Labute approximate surface area is 117 Å². The average molecular weight is 293 g/mol. The summed E-state index contributed by atoms with van der Waals surface area (Å²) in [6.45, 7) is 0.370. The van der Waals surface area contributed by atoms with Crippen molar-refractivity contribution in [3.05, 3.63) is 48.8 Å². The topological polar surface area (TPSA) is 94.3 Å². The summed E-state index contributed by atoms with van der Waals surface area (Å²) in [6, 6.07) is 10.00. The number of pyridine rings is 1. The first-order chi connectivity index (χ1) is 9.58. The number of anilines is 1. The van der Waals surface area contributed by atoms with Crippen molar-refractivity contribution in [1.82, 2.24) is 9.71 Å². The standard InChI is InChI=1S/C13H15N3O3S/c14-11-3-1-4-12(9-11)19-8-7-16-20(17,18)13-5-2-6-15-10-13/h1-6,9-10,16H,7-8,14H2. The number of hydrogen-bond donors (Lipinski definition) is 2. The van der Waals surface area contributed by atoms with Gasteiger partial charge in [0.1, 0.15) is 17.3 Å². The predicted molar refractivity (Wildman–Crippen MR) is 75.8 cm³/mol. The van der Waals surface area contributed by atoms with E-state index in [4.69, 9.17) is 10.5 Å². The second-order valence-corrected chi connectivity index (χ2v) is 5.77. The van der Waals surface area contributed by atoms with Gasteiger partial charge in [-0.05, 0) is 24.3 Å². The first-order valence-electron chi connectivity index (χ1n) is 5.96. The van der Waals surface area contributed by atoms with Crippen molar-refractivity contribution in [2.24, 2.45) is 0 Å². The predicted octanol–water partition coefficient (Wildman–Crippen LogP) is 1.02. The van der Waals surface area contributed by atoms with Gasteiger partial charge in [-0.25, -0.2) is 13.1 Å². The number of nitrogens with two attached hydrogens (primary N) is 1. The molecule has 3 N–H and O–H groups in total. The number of sulfonamides is 1. The van der Waals surface area contributed by atoms with E-state index in [9.17, 15) is 8.42 Å². The molecule has 0 spiro atoms. The highest BCUT2D eigenvalue weighted by molar-refractivity contribution is 7.89.